The van der Waals surface area contributed by atoms with Gasteiger partial charge in [-0.3, -0.25) is 4.79 Å². The van der Waals surface area contributed by atoms with Crippen molar-refractivity contribution in [3.63, 3.8) is 0 Å². The highest BCUT2D eigenvalue weighted by atomic mass is 16.1. The summed E-state index contributed by atoms with van der Waals surface area (Å²) in [4.78, 5) is 10.8. The van der Waals surface area contributed by atoms with Crippen molar-refractivity contribution in [2.24, 2.45) is 11.1 Å². The molecule has 0 radical (unpaired) electrons. The minimum atomic E-state index is -0.380. The lowest BCUT2D eigenvalue weighted by molar-refractivity contribution is -0.126. The van der Waals surface area contributed by atoms with Gasteiger partial charge in [-0.2, -0.15) is 0 Å². The van der Waals surface area contributed by atoms with Gasteiger partial charge in [0.15, 0.2) is 0 Å². The van der Waals surface area contributed by atoms with Crippen molar-refractivity contribution >= 4 is 5.91 Å². The first-order valence-corrected chi connectivity index (χ1v) is 3.51. The van der Waals surface area contributed by atoms with Gasteiger partial charge in [0.2, 0.25) is 5.91 Å². The predicted octanol–water partition coefficient (Wildman–Crippen LogP) is 0.107. The molecule has 0 aromatic rings. The van der Waals surface area contributed by atoms with Crippen LogP contribution in [0.2, 0.25) is 0 Å². The first-order valence-electron chi connectivity index (χ1n) is 3.51. The fourth-order valence-electron chi connectivity index (χ4n) is 0.777. The molecule has 3 N–H and O–H groups in total. The summed E-state index contributed by atoms with van der Waals surface area (Å²) in [6, 6.07) is 0. The Morgan fingerprint density at radius 1 is 1.70 bits per heavy atom. The Bertz CT molecular complexity index is 125. The second-order valence-electron chi connectivity index (χ2n) is 2.81. The van der Waals surface area contributed by atoms with Gasteiger partial charge in [-0.05, 0) is 20.4 Å². The van der Waals surface area contributed by atoms with Crippen LogP contribution >= 0.6 is 0 Å². The molecule has 10 heavy (non-hydrogen) atoms. The Hall–Kier alpha value is -0.570. The van der Waals surface area contributed by atoms with Gasteiger partial charge in [-0.15, -0.1) is 0 Å². The van der Waals surface area contributed by atoms with Crippen LogP contribution < -0.4 is 11.1 Å². The van der Waals surface area contributed by atoms with E-state index in [1.807, 2.05) is 20.9 Å². The minimum Gasteiger partial charge on any atom is -0.369 e. The predicted molar refractivity (Wildman–Crippen MR) is 41.5 cm³/mol. The molecule has 0 aromatic heterocycles. The number of carbonyl (C=O) groups is 1. The molecule has 3 nitrogen and oxygen atoms in total. The van der Waals surface area contributed by atoms with Crippen LogP contribution in [0.25, 0.3) is 0 Å². The van der Waals surface area contributed by atoms with Crippen molar-refractivity contribution in [2.45, 2.75) is 20.3 Å². The minimum absolute atomic E-state index is 0.232. The Labute approximate surface area is 62.0 Å². The zero-order chi connectivity index (χ0) is 8.20. The van der Waals surface area contributed by atoms with Crippen LogP contribution in [-0.2, 0) is 4.79 Å². The summed E-state index contributed by atoms with van der Waals surface area (Å²) >= 11 is 0. The summed E-state index contributed by atoms with van der Waals surface area (Å²) in [5, 5.41) is 2.94. The zero-order valence-electron chi connectivity index (χ0n) is 6.90. The first kappa shape index (κ1) is 9.43. The number of nitrogens with one attached hydrogen (secondary N) is 1. The number of hydrogen-bond donors (Lipinski definition) is 2. The molecule has 0 aliphatic rings. The third-order valence-corrected chi connectivity index (χ3v) is 1.94. The molecule has 0 fully saturated rings. The highest BCUT2D eigenvalue weighted by Crippen LogP contribution is 2.18. The fraction of sp³-hybridized carbons (Fsp3) is 0.857. The average molecular weight is 144 g/mol. The molecule has 0 saturated carbocycles. The molecule has 3 heteroatoms. The standard InChI is InChI=1S/C7H16N2O/c1-4-7(2,5-9-3)6(8)10/h9H,4-5H2,1-3H3,(H2,8,10). The maximum Gasteiger partial charge on any atom is 0.224 e. The number of rotatable bonds is 4. The number of nitrogens with two attached hydrogens (primary N) is 1. The molecular weight excluding hydrogens is 128 g/mol. The summed E-state index contributed by atoms with van der Waals surface area (Å²) in [5.74, 6) is -0.232. The van der Waals surface area contributed by atoms with E-state index >= 15 is 0 Å². The molecule has 1 atom stereocenters. The Morgan fingerprint density at radius 3 is 2.30 bits per heavy atom. The largest absolute Gasteiger partial charge is 0.369 e. The Morgan fingerprint density at radius 2 is 2.20 bits per heavy atom. The van der Waals surface area contributed by atoms with E-state index in [0.29, 0.717) is 6.54 Å². The monoisotopic (exact) mass is 144 g/mol. The highest BCUT2D eigenvalue weighted by molar-refractivity contribution is 5.80. The lowest BCUT2D eigenvalue weighted by Crippen LogP contribution is -2.41. The summed E-state index contributed by atoms with van der Waals surface area (Å²) < 4.78 is 0. The number of hydrogen-bond acceptors (Lipinski definition) is 2. The van der Waals surface area contributed by atoms with Gasteiger partial charge in [-0.25, -0.2) is 0 Å². The second-order valence-corrected chi connectivity index (χ2v) is 2.81. The average Bonchev–Trinajstić information content (AvgIpc) is 1.88. The molecule has 0 aliphatic carbocycles. The number of primary amides is 1. The zero-order valence-corrected chi connectivity index (χ0v) is 6.90. The van der Waals surface area contributed by atoms with Crippen molar-refractivity contribution in [3.05, 3.63) is 0 Å². The molecule has 0 bridgehead atoms. The van der Waals surface area contributed by atoms with Crippen molar-refractivity contribution < 1.29 is 4.79 Å². The van der Waals surface area contributed by atoms with Crippen molar-refractivity contribution in [2.75, 3.05) is 13.6 Å². The SMILES string of the molecule is CCC(C)(CNC)C(N)=O. The summed E-state index contributed by atoms with van der Waals surface area (Å²) in [7, 11) is 1.82. The molecule has 1 amide bonds. The van der Waals surface area contributed by atoms with E-state index in [-0.39, 0.29) is 11.3 Å². The maximum absolute atomic E-state index is 10.8. The van der Waals surface area contributed by atoms with Gasteiger partial charge in [-0.1, -0.05) is 6.92 Å². The van der Waals surface area contributed by atoms with Crippen molar-refractivity contribution in [1.82, 2.24) is 5.32 Å². The third kappa shape index (κ3) is 1.99. The smallest absolute Gasteiger partial charge is 0.224 e. The quantitative estimate of drug-likeness (QED) is 0.588. The van der Waals surface area contributed by atoms with E-state index in [1.165, 1.54) is 0 Å². The summed E-state index contributed by atoms with van der Waals surface area (Å²) in [6.07, 6.45) is 0.781. The molecule has 0 heterocycles. The molecule has 0 aromatic carbocycles. The fourth-order valence-corrected chi connectivity index (χ4v) is 0.777. The normalized spacial score (nSPS) is 16.3. The molecule has 1 unspecified atom stereocenters. The summed E-state index contributed by atoms with van der Waals surface area (Å²) in [6.45, 7) is 4.48. The third-order valence-electron chi connectivity index (χ3n) is 1.94. The Balaban J connectivity index is 4.08. The van der Waals surface area contributed by atoms with Gasteiger partial charge in [0, 0.05) is 6.54 Å². The first-order chi connectivity index (χ1) is 4.56. The maximum atomic E-state index is 10.8. The number of amides is 1. The van der Waals surface area contributed by atoms with E-state index in [0.717, 1.165) is 6.42 Å². The molecule has 60 valence electrons. The molecule has 0 saturated heterocycles. The van der Waals surface area contributed by atoms with Gasteiger partial charge in [0.1, 0.15) is 0 Å². The van der Waals surface area contributed by atoms with Crippen LogP contribution in [0.5, 0.6) is 0 Å². The van der Waals surface area contributed by atoms with Gasteiger partial charge in [0.05, 0.1) is 5.41 Å². The van der Waals surface area contributed by atoms with Gasteiger partial charge < -0.3 is 11.1 Å². The van der Waals surface area contributed by atoms with Gasteiger partial charge in [0.25, 0.3) is 0 Å². The van der Waals surface area contributed by atoms with Crippen molar-refractivity contribution in [3.8, 4) is 0 Å². The van der Waals surface area contributed by atoms with E-state index in [2.05, 4.69) is 5.32 Å². The summed E-state index contributed by atoms with van der Waals surface area (Å²) in [5.41, 5.74) is 4.81. The van der Waals surface area contributed by atoms with E-state index in [9.17, 15) is 4.79 Å². The lowest BCUT2D eigenvalue weighted by atomic mass is 9.87. The number of carbonyl (C=O) groups excluding carboxylic acids is 1. The van der Waals surface area contributed by atoms with E-state index in [4.69, 9.17) is 5.73 Å². The lowest BCUT2D eigenvalue weighted by Gasteiger charge is -2.23. The second kappa shape index (κ2) is 3.56. The van der Waals surface area contributed by atoms with Gasteiger partial charge >= 0.3 is 0 Å². The molecule has 0 aliphatic heterocycles. The molecule has 0 rings (SSSR count). The van der Waals surface area contributed by atoms with Crippen LogP contribution in [0.4, 0.5) is 0 Å². The highest BCUT2D eigenvalue weighted by Gasteiger charge is 2.27. The Kier molecular flexibility index (Phi) is 3.36. The van der Waals surface area contributed by atoms with Crippen LogP contribution in [0, 0.1) is 5.41 Å². The molecule has 0 spiro atoms. The van der Waals surface area contributed by atoms with Crippen LogP contribution in [0.15, 0.2) is 0 Å². The molecular formula is C7H16N2O. The van der Waals surface area contributed by atoms with Crippen LogP contribution in [0.1, 0.15) is 20.3 Å². The van der Waals surface area contributed by atoms with E-state index in [1.54, 1.807) is 0 Å². The van der Waals surface area contributed by atoms with Crippen LogP contribution in [-0.4, -0.2) is 19.5 Å². The van der Waals surface area contributed by atoms with Crippen molar-refractivity contribution in [1.29, 1.82) is 0 Å². The topological polar surface area (TPSA) is 55.1 Å². The van der Waals surface area contributed by atoms with Crippen LogP contribution in [0.3, 0.4) is 0 Å². The van der Waals surface area contributed by atoms with E-state index < -0.39 is 0 Å².